The van der Waals surface area contributed by atoms with Crippen LogP contribution < -0.4 is 16.6 Å². The molecule has 32 heavy (non-hydrogen) atoms. The van der Waals surface area contributed by atoms with Crippen molar-refractivity contribution in [2.45, 2.75) is 11.3 Å². The predicted molar refractivity (Wildman–Crippen MR) is 120 cm³/mol. The highest BCUT2D eigenvalue weighted by Crippen LogP contribution is 2.30. The molecule has 0 aliphatic heterocycles. The molecule has 0 radical (unpaired) electrons. The molecule has 6 N–H and O–H groups in total. The van der Waals surface area contributed by atoms with E-state index in [1.165, 1.54) is 23.0 Å². The van der Waals surface area contributed by atoms with Gasteiger partial charge < -0.3 is 11.5 Å². The molecule has 0 amide bonds. The maximum atomic E-state index is 13.1. The molecule has 0 unspecified atom stereocenters. The number of anilines is 2. The summed E-state index contributed by atoms with van der Waals surface area (Å²) in [6, 6.07) is 15.5. The van der Waals surface area contributed by atoms with Crippen LogP contribution in [0.3, 0.4) is 0 Å². The van der Waals surface area contributed by atoms with Gasteiger partial charge in [-0.25, -0.2) is 13.6 Å². The summed E-state index contributed by atoms with van der Waals surface area (Å²) in [5.74, 6) is -0.139. The first kappa shape index (κ1) is 21.3. The fourth-order valence-corrected chi connectivity index (χ4v) is 3.86. The van der Waals surface area contributed by atoms with Gasteiger partial charge in [0.15, 0.2) is 0 Å². The van der Waals surface area contributed by atoms with Gasteiger partial charge in [-0.1, -0.05) is 42.5 Å². The zero-order valence-corrected chi connectivity index (χ0v) is 18.0. The van der Waals surface area contributed by atoms with Crippen molar-refractivity contribution in [1.82, 2.24) is 19.6 Å². The fourth-order valence-electron chi connectivity index (χ4n) is 3.35. The second-order valence-electron chi connectivity index (χ2n) is 7.23. The summed E-state index contributed by atoms with van der Waals surface area (Å²) in [5.41, 5.74) is 15.2. The molecule has 0 aliphatic carbocycles. The highest BCUT2D eigenvalue weighted by atomic mass is 32.2. The van der Waals surface area contributed by atoms with Crippen LogP contribution in [0.5, 0.6) is 0 Å². The number of nitrogens with zero attached hydrogens (tertiary/aromatic N) is 4. The van der Waals surface area contributed by atoms with Gasteiger partial charge in [0.1, 0.15) is 17.2 Å². The maximum absolute atomic E-state index is 13.1. The number of carbonyl (C=O) groups is 1. The minimum Gasteiger partial charge on any atom is -0.383 e. The molecule has 0 bridgehead atoms. The third kappa shape index (κ3) is 3.86. The van der Waals surface area contributed by atoms with Gasteiger partial charge in [-0.3, -0.25) is 9.48 Å². The van der Waals surface area contributed by atoms with Crippen molar-refractivity contribution in [2.75, 3.05) is 11.5 Å². The van der Waals surface area contributed by atoms with Crippen molar-refractivity contribution in [3.8, 4) is 11.3 Å². The highest BCUT2D eigenvalue weighted by Gasteiger charge is 2.24. The summed E-state index contributed by atoms with van der Waals surface area (Å²) >= 11 is 0. The molecular weight excluding hydrogens is 430 g/mol. The zero-order chi connectivity index (χ0) is 23.0. The first-order valence-electron chi connectivity index (χ1n) is 9.53. The average molecular weight is 452 g/mol. The Labute approximate surface area is 184 Å². The molecule has 0 atom stereocenters. The molecule has 2 heterocycles. The molecule has 0 spiro atoms. The number of hydrogen-bond donors (Lipinski definition) is 3. The van der Waals surface area contributed by atoms with Gasteiger partial charge in [0, 0.05) is 24.6 Å². The van der Waals surface area contributed by atoms with E-state index in [4.69, 9.17) is 16.6 Å². The van der Waals surface area contributed by atoms with Crippen molar-refractivity contribution in [1.29, 1.82) is 0 Å². The Morgan fingerprint density at radius 1 is 1.00 bits per heavy atom. The van der Waals surface area contributed by atoms with E-state index in [9.17, 15) is 13.2 Å². The molecule has 11 heteroatoms. The quantitative estimate of drug-likeness (QED) is 0.412. The monoisotopic (exact) mass is 451 g/mol. The Kier molecular flexibility index (Phi) is 5.28. The lowest BCUT2D eigenvalue weighted by molar-refractivity contribution is 0.0949. The van der Waals surface area contributed by atoms with E-state index in [0.29, 0.717) is 17.7 Å². The molecular formula is C21H21N7O3S. The second-order valence-corrected chi connectivity index (χ2v) is 8.79. The molecule has 0 fully saturated rings. The van der Waals surface area contributed by atoms with Gasteiger partial charge in [0.05, 0.1) is 16.8 Å². The predicted octanol–water partition coefficient (Wildman–Crippen LogP) is 1.37. The van der Waals surface area contributed by atoms with Crippen molar-refractivity contribution < 1.29 is 13.2 Å². The van der Waals surface area contributed by atoms with E-state index in [0.717, 1.165) is 15.8 Å². The van der Waals surface area contributed by atoms with Gasteiger partial charge in [-0.2, -0.15) is 14.9 Å². The fraction of sp³-hybridized carbons (Fsp3) is 0.0952. The van der Waals surface area contributed by atoms with Crippen molar-refractivity contribution in [3.05, 3.63) is 77.5 Å². The van der Waals surface area contributed by atoms with Gasteiger partial charge in [-0.05, 0) is 17.7 Å². The van der Waals surface area contributed by atoms with Crippen LogP contribution in [-0.2, 0) is 23.5 Å². The lowest BCUT2D eigenvalue weighted by Gasteiger charge is -2.06. The second kappa shape index (κ2) is 7.94. The molecule has 4 aromatic rings. The van der Waals surface area contributed by atoms with E-state index in [2.05, 4.69) is 10.2 Å². The molecule has 164 valence electrons. The Bertz CT molecular complexity index is 1410. The molecule has 2 aromatic carbocycles. The van der Waals surface area contributed by atoms with E-state index >= 15 is 0 Å². The number of benzene rings is 2. The Hall–Kier alpha value is -3.96. The number of carbonyl (C=O) groups excluding carboxylic acids is 1. The first-order valence-corrected chi connectivity index (χ1v) is 11.1. The zero-order valence-electron chi connectivity index (χ0n) is 17.1. The average Bonchev–Trinajstić information content (AvgIpc) is 3.27. The first-order chi connectivity index (χ1) is 15.2. The number of sulfonamides is 1. The van der Waals surface area contributed by atoms with Crippen molar-refractivity contribution in [3.63, 3.8) is 0 Å². The molecule has 10 nitrogen and oxygen atoms in total. The maximum Gasteiger partial charge on any atom is 0.285 e. The minimum absolute atomic E-state index is 0.00966. The van der Waals surface area contributed by atoms with Gasteiger partial charge in [-0.15, -0.1) is 0 Å². The van der Waals surface area contributed by atoms with Crippen molar-refractivity contribution in [2.24, 2.45) is 12.2 Å². The summed E-state index contributed by atoms with van der Waals surface area (Å²) in [5, 5.41) is 13.7. The topological polar surface area (TPSA) is 165 Å². The number of aromatic nitrogens is 4. The van der Waals surface area contributed by atoms with Gasteiger partial charge in [0.2, 0.25) is 10.0 Å². The Morgan fingerprint density at radius 2 is 1.66 bits per heavy atom. The molecule has 0 saturated carbocycles. The molecule has 0 aliphatic rings. The normalized spacial score (nSPS) is 11.6. The molecule has 2 aromatic heterocycles. The van der Waals surface area contributed by atoms with Crippen LogP contribution in [0, 0.1) is 0 Å². The highest BCUT2D eigenvalue weighted by molar-refractivity contribution is 7.89. The standard InChI is InChI=1S/C21H21N7O3S/c1-27-19(22)17(12-25-27)21(29)28-20(23)16(18(26-28)14-5-3-2-4-6-14)11-13-7-9-15(10-8-13)32(24,30)31/h2-10,12H,11,22-23H2,1H3,(H2,24,30,31). The number of hydrogen-bond acceptors (Lipinski definition) is 7. The smallest absolute Gasteiger partial charge is 0.285 e. The van der Waals surface area contributed by atoms with Crippen LogP contribution in [-0.4, -0.2) is 33.9 Å². The van der Waals surface area contributed by atoms with Crippen LogP contribution in [0.1, 0.15) is 21.5 Å². The Morgan fingerprint density at radius 3 is 2.22 bits per heavy atom. The molecule has 0 saturated heterocycles. The summed E-state index contributed by atoms with van der Waals surface area (Å²) in [6.45, 7) is 0. The number of rotatable bonds is 5. The summed E-state index contributed by atoms with van der Waals surface area (Å²) in [4.78, 5) is 13.1. The van der Waals surface area contributed by atoms with E-state index in [1.807, 2.05) is 30.3 Å². The van der Waals surface area contributed by atoms with E-state index < -0.39 is 15.9 Å². The van der Waals surface area contributed by atoms with Gasteiger partial charge in [0.25, 0.3) is 5.91 Å². The van der Waals surface area contributed by atoms with Crippen molar-refractivity contribution >= 4 is 27.6 Å². The minimum atomic E-state index is -3.80. The van der Waals surface area contributed by atoms with E-state index in [-0.39, 0.29) is 22.1 Å². The number of aryl methyl sites for hydroxylation is 1. The van der Waals surface area contributed by atoms with Crippen LogP contribution in [0.4, 0.5) is 11.6 Å². The van der Waals surface area contributed by atoms with Crippen LogP contribution in [0.15, 0.2) is 65.7 Å². The lowest BCUT2D eigenvalue weighted by Crippen LogP contribution is -2.17. The SMILES string of the molecule is Cn1ncc(C(=O)n2nc(-c3ccccc3)c(Cc3ccc(S(N)(=O)=O)cc3)c2N)c1N. The number of nitrogen functional groups attached to an aromatic ring is 2. The third-order valence-corrected chi connectivity index (χ3v) is 6.04. The Balaban J connectivity index is 1.80. The summed E-state index contributed by atoms with van der Waals surface area (Å²) in [6.07, 6.45) is 1.68. The number of nitrogens with two attached hydrogens (primary N) is 3. The summed E-state index contributed by atoms with van der Waals surface area (Å²) in [7, 11) is -2.17. The van der Waals surface area contributed by atoms with E-state index in [1.54, 1.807) is 19.2 Å². The van der Waals surface area contributed by atoms with Gasteiger partial charge >= 0.3 is 0 Å². The lowest BCUT2D eigenvalue weighted by atomic mass is 10.0. The largest absolute Gasteiger partial charge is 0.383 e. The third-order valence-electron chi connectivity index (χ3n) is 5.11. The molecule has 4 rings (SSSR count). The van der Waals surface area contributed by atoms with Crippen LogP contribution >= 0.6 is 0 Å². The summed E-state index contributed by atoms with van der Waals surface area (Å²) < 4.78 is 25.6. The number of primary sulfonamides is 1. The van der Waals surface area contributed by atoms with Crippen LogP contribution in [0.25, 0.3) is 11.3 Å². The van der Waals surface area contributed by atoms with Crippen LogP contribution in [0.2, 0.25) is 0 Å².